The molecule has 1 aliphatic carbocycles. The van der Waals surface area contributed by atoms with E-state index in [-0.39, 0.29) is 5.91 Å². The topological polar surface area (TPSA) is 63.2 Å². The van der Waals surface area contributed by atoms with Gasteiger partial charge in [0.2, 0.25) is 0 Å². The summed E-state index contributed by atoms with van der Waals surface area (Å²) < 4.78 is 5.30. The highest BCUT2D eigenvalue weighted by Gasteiger charge is 2.18. The van der Waals surface area contributed by atoms with Gasteiger partial charge in [0.25, 0.3) is 5.91 Å². The fraction of sp³-hybridized carbons (Fsp3) is 0.333. The summed E-state index contributed by atoms with van der Waals surface area (Å²) in [5.41, 5.74) is 1.42. The number of ether oxygens (including phenoxy) is 1. The number of nitrogens with zero attached hydrogens (tertiary/aromatic N) is 1. The Balaban J connectivity index is 1.65. The van der Waals surface area contributed by atoms with Gasteiger partial charge in [-0.1, -0.05) is 25.0 Å². The minimum Gasteiger partial charge on any atom is -0.495 e. The molecule has 5 nitrogen and oxygen atoms in total. The second kappa shape index (κ2) is 7.13. The van der Waals surface area contributed by atoms with Gasteiger partial charge in [-0.05, 0) is 37.1 Å². The molecule has 0 atom stereocenters. The Hall–Kier alpha value is -2.56. The van der Waals surface area contributed by atoms with Crippen molar-refractivity contribution in [1.82, 2.24) is 10.3 Å². The molecule has 5 heteroatoms. The van der Waals surface area contributed by atoms with Crippen LogP contribution in [-0.4, -0.2) is 24.0 Å². The lowest BCUT2D eigenvalue weighted by Gasteiger charge is -2.12. The van der Waals surface area contributed by atoms with Crippen molar-refractivity contribution in [2.75, 3.05) is 12.4 Å². The van der Waals surface area contributed by atoms with Gasteiger partial charge >= 0.3 is 0 Å². The van der Waals surface area contributed by atoms with Crippen LogP contribution in [0.15, 0.2) is 42.6 Å². The highest BCUT2D eigenvalue weighted by molar-refractivity contribution is 5.94. The summed E-state index contributed by atoms with van der Waals surface area (Å²) >= 11 is 0. The normalized spacial score (nSPS) is 14.5. The Labute approximate surface area is 136 Å². The lowest BCUT2D eigenvalue weighted by Crippen LogP contribution is -2.32. The number of benzene rings is 1. The zero-order valence-electron chi connectivity index (χ0n) is 13.2. The number of para-hydroxylation sites is 2. The number of methoxy groups -OCH3 is 1. The molecule has 0 spiro atoms. The highest BCUT2D eigenvalue weighted by Crippen LogP contribution is 2.26. The second-order valence-corrected chi connectivity index (χ2v) is 5.71. The van der Waals surface area contributed by atoms with Crippen LogP contribution in [0.4, 0.5) is 11.5 Å². The SMILES string of the molecule is COc1ccccc1Nc1ccc(C(=O)NC2CCCC2)cn1. The van der Waals surface area contributed by atoms with Crippen LogP contribution in [-0.2, 0) is 0 Å². The molecule has 1 heterocycles. The summed E-state index contributed by atoms with van der Waals surface area (Å²) in [4.78, 5) is 16.5. The summed E-state index contributed by atoms with van der Waals surface area (Å²) in [6.45, 7) is 0. The predicted molar refractivity (Wildman–Crippen MR) is 90.2 cm³/mol. The molecule has 1 amide bonds. The lowest BCUT2D eigenvalue weighted by molar-refractivity contribution is 0.0937. The number of aromatic nitrogens is 1. The molecule has 23 heavy (non-hydrogen) atoms. The number of carbonyl (C=O) groups excluding carboxylic acids is 1. The lowest BCUT2D eigenvalue weighted by atomic mass is 10.2. The first-order valence-corrected chi connectivity index (χ1v) is 7.93. The fourth-order valence-electron chi connectivity index (χ4n) is 2.83. The Kier molecular flexibility index (Phi) is 4.76. The summed E-state index contributed by atoms with van der Waals surface area (Å²) in [6.07, 6.45) is 6.15. The summed E-state index contributed by atoms with van der Waals surface area (Å²) in [5, 5.41) is 6.26. The van der Waals surface area contributed by atoms with Crippen molar-refractivity contribution in [2.45, 2.75) is 31.7 Å². The van der Waals surface area contributed by atoms with E-state index in [1.54, 1.807) is 25.4 Å². The summed E-state index contributed by atoms with van der Waals surface area (Å²) in [6, 6.07) is 11.5. The average Bonchev–Trinajstić information content (AvgIpc) is 3.09. The number of nitrogens with one attached hydrogen (secondary N) is 2. The zero-order chi connectivity index (χ0) is 16.1. The van der Waals surface area contributed by atoms with Crippen LogP contribution in [0.3, 0.4) is 0 Å². The standard InChI is InChI=1S/C18H21N3O2/c1-23-16-9-5-4-8-15(16)21-17-11-10-13(12-19-17)18(22)20-14-6-2-3-7-14/h4-5,8-12,14H,2-3,6-7H2,1H3,(H,19,21)(H,20,22). The molecule has 1 fully saturated rings. The van der Waals surface area contributed by atoms with Gasteiger partial charge in [0.1, 0.15) is 11.6 Å². The maximum Gasteiger partial charge on any atom is 0.253 e. The van der Waals surface area contributed by atoms with Crippen LogP contribution in [0.25, 0.3) is 0 Å². The smallest absolute Gasteiger partial charge is 0.253 e. The first kappa shape index (κ1) is 15.3. The maximum atomic E-state index is 12.2. The molecule has 1 saturated carbocycles. The highest BCUT2D eigenvalue weighted by atomic mass is 16.5. The van der Waals surface area contributed by atoms with E-state index in [4.69, 9.17) is 4.74 Å². The van der Waals surface area contributed by atoms with E-state index < -0.39 is 0 Å². The molecule has 1 aromatic heterocycles. The van der Waals surface area contributed by atoms with E-state index in [0.717, 1.165) is 24.3 Å². The number of hydrogen-bond donors (Lipinski definition) is 2. The third-order valence-electron chi connectivity index (χ3n) is 4.09. The van der Waals surface area contributed by atoms with E-state index in [2.05, 4.69) is 15.6 Å². The van der Waals surface area contributed by atoms with Crippen molar-refractivity contribution in [3.05, 3.63) is 48.2 Å². The first-order valence-electron chi connectivity index (χ1n) is 7.93. The number of anilines is 2. The van der Waals surface area contributed by atoms with E-state index in [9.17, 15) is 4.79 Å². The number of amides is 1. The molecule has 0 aliphatic heterocycles. The number of carbonyl (C=O) groups is 1. The van der Waals surface area contributed by atoms with Gasteiger partial charge in [-0.25, -0.2) is 4.98 Å². The summed E-state index contributed by atoms with van der Waals surface area (Å²) in [7, 11) is 1.63. The fourth-order valence-corrected chi connectivity index (χ4v) is 2.83. The average molecular weight is 311 g/mol. The number of pyridine rings is 1. The Bertz CT molecular complexity index is 664. The van der Waals surface area contributed by atoms with Gasteiger partial charge < -0.3 is 15.4 Å². The first-order chi connectivity index (χ1) is 11.3. The number of hydrogen-bond acceptors (Lipinski definition) is 4. The van der Waals surface area contributed by atoms with Gasteiger partial charge in [-0.15, -0.1) is 0 Å². The monoisotopic (exact) mass is 311 g/mol. The molecule has 0 unspecified atom stereocenters. The maximum absolute atomic E-state index is 12.2. The van der Waals surface area contributed by atoms with E-state index in [0.29, 0.717) is 17.4 Å². The van der Waals surface area contributed by atoms with E-state index >= 15 is 0 Å². The Morgan fingerprint density at radius 2 is 1.96 bits per heavy atom. The van der Waals surface area contributed by atoms with Crippen molar-refractivity contribution in [1.29, 1.82) is 0 Å². The van der Waals surface area contributed by atoms with Gasteiger partial charge in [-0.3, -0.25) is 4.79 Å². The second-order valence-electron chi connectivity index (χ2n) is 5.71. The van der Waals surface area contributed by atoms with Gasteiger partial charge in [0.05, 0.1) is 18.4 Å². The third-order valence-corrected chi connectivity index (χ3v) is 4.09. The third kappa shape index (κ3) is 3.80. The molecule has 1 aromatic carbocycles. The van der Waals surface area contributed by atoms with Crippen molar-refractivity contribution in [2.24, 2.45) is 0 Å². The van der Waals surface area contributed by atoms with Gasteiger partial charge in [-0.2, -0.15) is 0 Å². The van der Waals surface area contributed by atoms with E-state index in [1.165, 1.54) is 12.8 Å². The van der Waals surface area contributed by atoms with Crippen molar-refractivity contribution in [3.63, 3.8) is 0 Å². The van der Waals surface area contributed by atoms with E-state index in [1.807, 2.05) is 24.3 Å². The molecule has 0 saturated heterocycles. The Morgan fingerprint density at radius 3 is 2.65 bits per heavy atom. The van der Waals surface area contributed by atoms with Gasteiger partial charge in [0, 0.05) is 12.2 Å². The molecule has 120 valence electrons. The zero-order valence-corrected chi connectivity index (χ0v) is 13.2. The minimum atomic E-state index is -0.0479. The summed E-state index contributed by atoms with van der Waals surface area (Å²) in [5.74, 6) is 1.37. The largest absolute Gasteiger partial charge is 0.495 e. The molecule has 3 rings (SSSR count). The van der Waals surface area contributed by atoms with Crippen LogP contribution in [0.5, 0.6) is 5.75 Å². The van der Waals surface area contributed by atoms with Gasteiger partial charge in [0.15, 0.2) is 0 Å². The van der Waals surface area contributed by atoms with Crippen LogP contribution in [0.2, 0.25) is 0 Å². The van der Waals surface area contributed by atoms with Crippen molar-refractivity contribution in [3.8, 4) is 5.75 Å². The predicted octanol–water partition coefficient (Wildman–Crippen LogP) is 3.51. The molecule has 2 N–H and O–H groups in total. The van der Waals surface area contributed by atoms with Crippen LogP contribution >= 0.6 is 0 Å². The van der Waals surface area contributed by atoms with Crippen molar-refractivity contribution < 1.29 is 9.53 Å². The molecule has 0 radical (unpaired) electrons. The molecule has 0 bridgehead atoms. The molecule has 2 aromatic rings. The van der Waals surface area contributed by atoms with Crippen LogP contribution in [0, 0.1) is 0 Å². The number of rotatable bonds is 5. The minimum absolute atomic E-state index is 0.0479. The van der Waals surface area contributed by atoms with Crippen LogP contribution < -0.4 is 15.4 Å². The van der Waals surface area contributed by atoms with Crippen molar-refractivity contribution >= 4 is 17.4 Å². The van der Waals surface area contributed by atoms with Crippen LogP contribution in [0.1, 0.15) is 36.0 Å². The quantitative estimate of drug-likeness (QED) is 0.887. The molecule has 1 aliphatic rings. The molecular weight excluding hydrogens is 290 g/mol. The molecular formula is C18H21N3O2. The Morgan fingerprint density at radius 1 is 1.17 bits per heavy atom.